The number of hydrogen-bond donors (Lipinski definition) is 0. The Morgan fingerprint density at radius 1 is 1.00 bits per heavy atom. The maximum atomic E-state index is 5.59. The van der Waals surface area contributed by atoms with Crippen molar-refractivity contribution in [3.8, 4) is 0 Å². The molecule has 0 saturated carbocycles. The van der Waals surface area contributed by atoms with Gasteiger partial charge in [-0.25, -0.2) is 0 Å². The summed E-state index contributed by atoms with van der Waals surface area (Å²) < 4.78 is 5.59. The molecular formula is C14H28O. The predicted molar refractivity (Wildman–Crippen MR) is 66.1 cm³/mol. The van der Waals surface area contributed by atoms with Gasteiger partial charge in [-0.2, -0.15) is 0 Å². The van der Waals surface area contributed by atoms with Crippen LogP contribution in [0.4, 0.5) is 0 Å². The van der Waals surface area contributed by atoms with Crippen LogP contribution in [-0.2, 0) is 4.74 Å². The van der Waals surface area contributed by atoms with Crippen LogP contribution in [0.5, 0.6) is 0 Å². The number of ether oxygens (including phenoxy) is 1. The molecule has 0 aromatic carbocycles. The minimum absolute atomic E-state index is 0.459. The van der Waals surface area contributed by atoms with Crippen LogP contribution in [0.2, 0.25) is 0 Å². The van der Waals surface area contributed by atoms with Crippen molar-refractivity contribution in [3.63, 3.8) is 0 Å². The summed E-state index contributed by atoms with van der Waals surface area (Å²) >= 11 is 0. The van der Waals surface area contributed by atoms with Crippen LogP contribution in [0.1, 0.15) is 66.7 Å². The molecule has 1 aliphatic rings. The van der Waals surface area contributed by atoms with E-state index in [1.165, 1.54) is 32.1 Å². The smallest absolute Gasteiger partial charge is 0.0865 e. The molecule has 15 heavy (non-hydrogen) atoms. The third-order valence-corrected chi connectivity index (χ3v) is 4.91. The lowest BCUT2D eigenvalue weighted by atomic mass is 9.65. The van der Waals surface area contributed by atoms with Crippen molar-refractivity contribution in [2.75, 3.05) is 6.61 Å². The van der Waals surface area contributed by atoms with E-state index in [9.17, 15) is 0 Å². The van der Waals surface area contributed by atoms with Crippen LogP contribution in [0.3, 0.4) is 0 Å². The summed E-state index contributed by atoms with van der Waals surface area (Å²) in [5, 5.41) is 0. The van der Waals surface area contributed by atoms with E-state index in [-0.39, 0.29) is 0 Å². The third kappa shape index (κ3) is 2.75. The largest absolute Gasteiger partial charge is 0.373 e. The number of rotatable bonds is 7. The van der Waals surface area contributed by atoms with Crippen molar-refractivity contribution in [2.45, 2.75) is 72.8 Å². The molecule has 90 valence electrons. The maximum Gasteiger partial charge on any atom is 0.0865 e. The Labute approximate surface area is 95.6 Å². The highest BCUT2D eigenvalue weighted by Crippen LogP contribution is 2.49. The molecule has 1 fully saturated rings. The lowest BCUT2D eigenvalue weighted by Crippen LogP contribution is -2.33. The summed E-state index contributed by atoms with van der Waals surface area (Å²) in [7, 11) is 0. The SMILES string of the molecule is CCC(C)(CC)CC(CC)(CC)C1CO1. The molecule has 0 aromatic heterocycles. The van der Waals surface area contributed by atoms with Gasteiger partial charge in [0.1, 0.15) is 0 Å². The molecule has 1 heteroatoms. The van der Waals surface area contributed by atoms with Gasteiger partial charge in [-0.1, -0.05) is 47.5 Å². The second kappa shape index (κ2) is 4.86. The summed E-state index contributed by atoms with van der Waals surface area (Å²) in [6, 6.07) is 0. The zero-order valence-corrected chi connectivity index (χ0v) is 11.2. The molecule has 1 atom stereocenters. The lowest BCUT2D eigenvalue weighted by molar-refractivity contribution is 0.0868. The van der Waals surface area contributed by atoms with E-state index in [1.807, 2.05) is 0 Å². The Kier molecular flexibility index (Phi) is 4.22. The molecule has 0 amide bonds. The van der Waals surface area contributed by atoms with Gasteiger partial charge in [0.2, 0.25) is 0 Å². The molecule has 1 aliphatic heterocycles. The lowest BCUT2D eigenvalue weighted by Gasteiger charge is -2.39. The summed E-state index contributed by atoms with van der Waals surface area (Å²) in [5.41, 5.74) is 0.971. The van der Waals surface area contributed by atoms with Crippen molar-refractivity contribution in [1.82, 2.24) is 0 Å². The van der Waals surface area contributed by atoms with Gasteiger partial charge in [-0.15, -0.1) is 0 Å². The van der Waals surface area contributed by atoms with Crippen molar-refractivity contribution < 1.29 is 4.74 Å². The molecule has 1 unspecified atom stereocenters. The van der Waals surface area contributed by atoms with Gasteiger partial charge in [-0.3, -0.25) is 0 Å². The summed E-state index contributed by atoms with van der Waals surface area (Å²) in [5.74, 6) is 0. The minimum Gasteiger partial charge on any atom is -0.373 e. The van der Waals surface area contributed by atoms with Crippen LogP contribution in [0.15, 0.2) is 0 Å². The monoisotopic (exact) mass is 212 g/mol. The van der Waals surface area contributed by atoms with Crippen LogP contribution in [0.25, 0.3) is 0 Å². The minimum atomic E-state index is 0.459. The van der Waals surface area contributed by atoms with Gasteiger partial charge < -0.3 is 4.74 Å². The number of epoxide rings is 1. The van der Waals surface area contributed by atoms with Gasteiger partial charge in [0.05, 0.1) is 12.7 Å². The van der Waals surface area contributed by atoms with Crippen LogP contribution in [0, 0.1) is 10.8 Å². The fourth-order valence-electron chi connectivity index (χ4n) is 2.82. The molecule has 1 rings (SSSR count). The Balaban J connectivity index is 2.72. The van der Waals surface area contributed by atoms with Crippen LogP contribution in [-0.4, -0.2) is 12.7 Å². The van der Waals surface area contributed by atoms with Gasteiger partial charge in [-0.05, 0) is 30.1 Å². The Morgan fingerprint density at radius 3 is 1.73 bits per heavy atom. The second-order valence-corrected chi connectivity index (χ2v) is 5.59. The highest BCUT2D eigenvalue weighted by molar-refractivity contribution is 4.95. The van der Waals surface area contributed by atoms with Crippen molar-refractivity contribution in [3.05, 3.63) is 0 Å². The third-order valence-electron chi connectivity index (χ3n) is 4.91. The summed E-state index contributed by atoms with van der Waals surface area (Å²) in [4.78, 5) is 0. The van der Waals surface area contributed by atoms with E-state index < -0.39 is 0 Å². The highest BCUT2D eigenvalue weighted by Gasteiger charge is 2.47. The quantitative estimate of drug-likeness (QED) is 0.570. The van der Waals surface area contributed by atoms with Crippen molar-refractivity contribution in [1.29, 1.82) is 0 Å². The molecular weight excluding hydrogens is 184 g/mol. The molecule has 0 spiro atoms. The van der Waals surface area contributed by atoms with E-state index in [2.05, 4.69) is 34.6 Å². The first-order valence-corrected chi connectivity index (χ1v) is 6.67. The predicted octanol–water partition coefficient (Wildman–Crippen LogP) is 4.41. The summed E-state index contributed by atoms with van der Waals surface area (Å²) in [6.45, 7) is 12.8. The zero-order valence-electron chi connectivity index (χ0n) is 11.2. The first kappa shape index (κ1) is 13.0. The average Bonchev–Trinajstić information content (AvgIpc) is 3.10. The maximum absolute atomic E-state index is 5.59. The fraction of sp³-hybridized carbons (Fsp3) is 1.00. The van der Waals surface area contributed by atoms with E-state index in [0.29, 0.717) is 16.9 Å². The van der Waals surface area contributed by atoms with Crippen molar-refractivity contribution in [2.24, 2.45) is 10.8 Å². The molecule has 1 nitrogen and oxygen atoms in total. The Hall–Kier alpha value is -0.0400. The Morgan fingerprint density at radius 2 is 1.47 bits per heavy atom. The molecule has 0 aromatic rings. The molecule has 0 bridgehead atoms. The topological polar surface area (TPSA) is 12.5 Å². The molecule has 1 heterocycles. The highest BCUT2D eigenvalue weighted by atomic mass is 16.6. The normalized spacial score (nSPS) is 21.8. The first-order valence-electron chi connectivity index (χ1n) is 6.67. The fourth-order valence-corrected chi connectivity index (χ4v) is 2.82. The standard InChI is InChI=1S/C14H28O/c1-6-13(5,7-2)11-14(8-3,9-4)12-10-15-12/h12H,6-11H2,1-5H3. The second-order valence-electron chi connectivity index (χ2n) is 5.59. The molecule has 0 aliphatic carbocycles. The first-order chi connectivity index (χ1) is 7.05. The molecule has 1 saturated heterocycles. The van der Waals surface area contributed by atoms with Crippen LogP contribution >= 0.6 is 0 Å². The molecule has 0 radical (unpaired) electrons. The van der Waals surface area contributed by atoms with E-state index >= 15 is 0 Å². The van der Waals surface area contributed by atoms with Gasteiger partial charge in [0, 0.05) is 0 Å². The van der Waals surface area contributed by atoms with E-state index in [1.54, 1.807) is 0 Å². The average molecular weight is 212 g/mol. The Bertz CT molecular complexity index is 186. The summed E-state index contributed by atoms with van der Waals surface area (Å²) in [6.07, 6.45) is 7.01. The zero-order chi connectivity index (χ0) is 11.5. The van der Waals surface area contributed by atoms with Crippen LogP contribution < -0.4 is 0 Å². The number of hydrogen-bond acceptors (Lipinski definition) is 1. The van der Waals surface area contributed by atoms with Gasteiger partial charge in [0.25, 0.3) is 0 Å². The van der Waals surface area contributed by atoms with Gasteiger partial charge in [0.15, 0.2) is 0 Å². The van der Waals surface area contributed by atoms with Gasteiger partial charge >= 0.3 is 0 Å². The molecule has 0 N–H and O–H groups in total. The van der Waals surface area contributed by atoms with E-state index in [4.69, 9.17) is 4.74 Å². The van der Waals surface area contributed by atoms with E-state index in [0.717, 1.165) is 6.61 Å². The van der Waals surface area contributed by atoms with Crippen molar-refractivity contribution >= 4 is 0 Å².